The molecule has 0 fully saturated rings. The Labute approximate surface area is 379 Å². The van der Waals surface area contributed by atoms with Crippen LogP contribution in [0.4, 0.5) is 17.1 Å². The SMILES string of the molecule is CC1(C)c2cc(-c3ccc4c5c3ccc3cccc(c35)n4-c3ccc4ccccc4c3)ccc2-c2ccc(N(c3ccc(-c4ccccc4)cc3)c3ccc(-c4ccccc4)cc3)cc21. The zero-order valence-electron chi connectivity index (χ0n) is 36.3. The van der Waals surface area contributed by atoms with E-state index in [0.29, 0.717) is 0 Å². The minimum Gasteiger partial charge on any atom is -0.310 e. The van der Waals surface area contributed by atoms with Gasteiger partial charge in [0, 0.05) is 38.9 Å². The van der Waals surface area contributed by atoms with Crippen molar-refractivity contribution in [3.05, 3.63) is 242 Å². The van der Waals surface area contributed by atoms with Gasteiger partial charge in [0.25, 0.3) is 0 Å². The van der Waals surface area contributed by atoms with E-state index in [0.717, 1.165) is 17.1 Å². The quantitative estimate of drug-likeness (QED) is 0.145. The van der Waals surface area contributed by atoms with Crippen LogP contribution < -0.4 is 4.90 Å². The highest BCUT2D eigenvalue weighted by Crippen LogP contribution is 2.52. The molecule has 13 rings (SSSR count). The summed E-state index contributed by atoms with van der Waals surface area (Å²) in [5.74, 6) is 0. The highest BCUT2D eigenvalue weighted by molar-refractivity contribution is 6.26. The van der Waals surface area contributed by atoms with E-state index in [-0.39, 0.29) is 5.41 Å². The number of benzene rings is 11. The molecule has 1 aliphatic carbocycles. The minimum atomic E-state index is -0.229. The number of fused-ring (bicyclic) bond motifs is 4. The molecule has 0 unspecified atom stereocenters. The molecule has 0 N–H and O–H groups in total. The van der Waals surface area contributed by atoms with Gasteiger partial charge in [-0.15, -0.1) is 0 Å². The van der Waals surface area contributed by atoms with Gasteiger partial charge in [0.15, 0.2) is 0 Å². The molecule has 0 saturated heterocycles. The van der Waals surface area contributed by atoms with E-state index in [1.165, 1.54) is 105 Å². The van der Waals surface area contributed by atoms with Gasteiger partial charge in [0.05, 0.1) is 11.0 Å². The Morgan fingerprint density at radius 2 is 0.862 bits per heavy atom. The van der Waals surface area contributed by atoms with Crippen LogP contribution in [0.15, 0.2) is 231 Å². The second kappa shape index (κ2) is 14.4. The molecule has 2 heteroatoms. The second-order valence-corrected chi connectivity index (χ2v) is 18.1. The fraction of sp³-hybridized carbons (Fsp3) is 0.0476. The Morgan fingerprint density at radius 1 is 0.338 bits per heavy atom. The monoisotopic (exact) mass is 828 g/mol. The van der Waals surface area contributed by atoms with Crippen molar-refractivity contribution in [2.24, 2.45) is 0 Å². The summed E-state index contributed by atoms with van der Waals surface area (Å²) in [5, 5.41) is 7.71. The highest BCUT2D eigenvalue weighted by atomic mass is 15.1. The summed E-state index contributed by atoms with van der Waals surface area (Å²) in [4.78, 5) is 2.41. The van der Waals surface area contributed by atoms with Crippen LogP contribution >= 0.6 is 0 Å². The molecule has 1 heterocycles. The normalized spacial score (nSPS) is 12.9. The van der Waals surface area contributed by atoms with Crippen LogP contribution in [0.3, 0.4) is 0 Å². The first-order chi connectivity index (χ1) is 32.0. The molecule has 306 valence electrons. The molecule has 0 bridgehead atoms. The van der Waals surface area contributed by atoms with Crippen molar-refractivity contribution in [1.29, 1.82) is 0 Å². The Bertz CT molecular complexity index is 3680. The summed E-state index contributed by atoms with van der Waals surface area (Å²) < 4.78 is 2.46. The third-order valence-corrected chi connectivity index (χ3v) is 14.1. The minimum absolute atomic E-state index is 0.229. The number of rotatable bonds is 7. The predicted molar refractivity (Wildman–Crippen MR) is 276 cm³/mol. The lowest BCUT2D eigenvalue weighted by Gasteiger charge is -2.28. The summed E-state index contributed by atoms with van der Waals surface area (Å²) in [6.45, 7) is 4.80. The molecule has 0 aliphatic heterocycles. The van der Waals surface area contributed by atoms with Crippen molar-refractivity contribution in [1.82, 2.24) is 4.57 Å². The summed E-state index contributed by atoms with van der Waals surface area (Å²) in [5.41, 5.74) is 19.5. The molecule has 12 aromatic rings. The molecular formula is C63H44N2. The maximum Gasteiger partial charge on any atom is 0.0547 e. The third-order valence-electron chi connectivity index (χ3n) is 14.1. The van der Waals surface area contributed by atoms with E-state index in [4.69, 9.17) is 0 Å². The number of aromatic nitrogens is 1. The van der Waals surface area contributed by atoms with Crippen LogP contribution in [0.2, 0.25) is 0 Å². The zero-order valence-corrected chi connectivity index (χ0v) is 36.3. The first kappa shape index (κ1) is 37.4. The molecule has 1 aliphatic rings. The predicted octanol–water partition coefficient (Wildman–Crippen LogP) is 17.3. The largest absolute Gasteiger partial charge is 0.310 e. The fourth-order valence-corrected chi connectivity index (χ4v) is 10.9. The van der Waals surface area contributed by atoms with Crippen LogP contribution in [0.1, 0.15) is 25.0 Å². The number of anilines is 3. The van der Waals surface area contributed by atoms with Crippen molar-refractivity contribution in [2.75, 3.05) is 4.90 Å². The third kappa shape index (κ3) is 5.88. The highest BCUT2D eigenvalue weighted by Gasteiger charge is 2.36. The van der Waals surface area contributed by atoms with Crippen LogP contribution in [-0.4, -0.2) is 4.57 Å². The molecule has 65 heavy (non-hydrogen) atoms. The van der Waals surface area contributed by atoms with Gasteiger partial charge in [-0.3, -0.25) is 0 Å². The Kier molecular flexibility index (Phi) is 8.29. The van der Waals surface area contributed by atoms with E-state index in [9.17, 15) is 0 Å². The van der Waals surface area contributed by atoms with Crippen molar-refractivity contribution in [2.45, 2.75) is 19.3 Å². The van der Waals surface area contributed by atoms with Crippen molar-refractivity contribution >= 4 is 60.4 Å². The molecule has 0 spiro atoms. The maximum atomic E-state index is 2.47. The lowest BCUT2D eigenvalue weighted by atomic mass is 9.81. The topological polar surface area (TPSA) is 8.17 Å². The molecule has 2 nitrogen and oxygen atoms in total. The Hall–Kier alpha value is -8.20. The van der Waals surface area contributed by atoms with Crippen LogP contribution in [0.5, 0.6) is 0 Å². The average molecular weight is 829 g/mol. The molecule has 0 radical (unpaired) electrons. The summed E-state index contributed by atoms with van der Waals surface area (Å²) in [7, 11) is 0. The molecule has 11 aromatic carbocycles. The van der Waals surface area contributed by atoms with Crippen molar-refractivity contribution in [3.63, 3.8) is 0 Å². The average Bonchev–Trinajstić information content (AvgIpc) is 3.82. The smallest absolute Gasteiger partial charge is 0.0547 e. The van der Waals surface area contributed by atoms with Gasteiger partial charge in [-0.25, -0.2) is 0 Å². The lowest BCUT2D eigenvalue weighted by Crippen LogP contribution is -2.16. The van der Waals surface area contributed by atoms with Gasteiger partial charge in [-0.05, 0) is 144 Å². The molecule has 0 saturated carbocycles. The van der Waals surface area contributed by atoms with Gasteiger partial charge in [0.2, 0.25) is 0 Å². The summed E-state index contributed by atoms with van der Waals surface area (Å²) in [6, 6.07) is 85.1. The lowest BCUT2D eigenvalue weighted by molar-refractivity contribution is 0.660. The fourth-order valence-electron chi connectivity index (χ4n) is 10.9. The van der Waals surface area contributed by atoms with Crippen molar-refractivity contribution in [3.8, 4) is 50.2 Å². The van der Waals surface area contributed by atoms with Crippen LogP contribution in [0, 0.1) is 0 Å². The van der Waals surface area contributed by atoms with Gasteiger partial charge in [-0.1, -0.05) is 178 Å². The summed E-state index contributed by atoms with van der Waals surface area (Å²) in [6.07, 6.45) is 0. The standard InChI is InChI=1S/C63H44N2/c1-63(2)57-39-48(53-36-37-60-62-56(53)34-25-46-18-11-19-59(61(46)62)65(60)51-31-24-43-16-9-10-17-47(43)38-51)26-33-54(57)55-35-32-52(40-58(55)63)64(49-27-20-44(21-28-49)41-12-5-3-6-13-41)50-29-22-45(23-30-50)42-14-7-4-8-15-42/h3-40H,1-2H3. The van der Waals surface area contributed by atoms with Gasteiger partial charge >= 0.3 is 0 Å². The Balaban J connectivity index is 0.907. The Morgan fingerprint density at radius 3 is 1.55 bits per heavy atom. The number of nitrogens with zero attached hydrogens (tertiary/aromatic N) is 2. The number of hydrogen-bond donors (Lipinski definition) is 0. The van der Waals surface area contributed by atoms with E-state index >= 15 is 0 Å². The first-order valence-corrected chi connectivity index (χ1v) is 22.7. The maximum absolute atomic E-state index is 2.47. The van der Waals surface area contributed by atoms with Gasteiger partial charge in [0.1, 0.15) is 0 Å². The second-order valence-electron chi connectivity index (χ2n) is 18.1. The van der Waals surface area contributed by atoms with Crippen LogP contribution in [-0.2, 0) is 5.41 Å². The van der Waals surface area contributed by atoms with E-state index in [1.54, 1.807) is 0 Å². The number of hydrogen-bond acceptors (Lipinski definition) is 1. The van der Waals surface area contributed by atoms with Gasteiger partial charge < -0.3 is 9.47 Å². The van der Waals surface area contributed by atoms with E-state index in [2.05, 4.69) is 254 Å². The first-order valence-electron chi connectivity index (χ1n) is 22.7. The zero-order chi connectivity index (χ0) is 43.2. The van der Waals surface area contributed by atoms with E-state index < -0.39 is 0 Å². The molecule has 0 atom stereocenters. The molecule has 0 amide bonds. The van der Waals surface area contributed by atoms with Crippen LogP contribution in [0.25, 0.3) is 93.5 Å². The molecule has 1 aromatic heterocycles. The van der Waals surface area contributed by atoms with Gasteiger partial charge in [-0.2, -0.15) is 0 Å². The summed E-state index contributed by atoms with van der Waals surface area (Å²) >= 11 is 0. The molecular weight excluding hydrogens is 785 g/mol. The van der Waals surface area contributed by atoms with Crippen molar-refractivity contribution < 1.29 is 0 Å². The van der Waals surface area contributed by atoms with E-state index in [1.807, 2.05) is 0 Å².